The molecule has 0 saturated carbocycles. The Hall–Kier alpha value is -2.48. The van der Waals surface area contributed by atoms with E-state index in [-0.39, 0.29) is 5.92 Å². The first-order valence-corrected chi connectivity index (χ1v) is 9.63. The number of nitrogens with zero attached hydrogens (tertiary/aromatic N) is 4. The van der Waals surface area contributed by atoms with Crippen LogP contribution in [0, 0.1) is 5.92 Å². The molecule has 7 nitrogen and oxygen atoms in total. The van der Waals surface area contributed by atoms with E-state index in [0.717, 1.165) is 29.0 Å². The maximum absolute atomic E-state index is 11.2. The van der Waals surface area contributed by atoms with Crippen molar-refractivity contribution in [2.24, 2.45) is 5.92 Å². The van der Waals surface area contributed by atoms with Crippen LogP contribution in [0.1, 0.15) is 6.42 Å². The number of anilines is 1. The van der Waals surface area contributed by atoms with Crippen molar-refractivity contribution in [1.82, 2.24) is 19.7 Å². The largest absolute Gasteiger partial charge is 0.369 e. The summed E-state index contributed by atoms with van der Waals surface area (Å²) in [6.07, 6.45) is 4.08. The van der Waals surface area contributed by atoms with Crippen LogP contribution in [0.15, 0.2) is 42.9 Å². The van der Waals surface area contributed by atoms with Gasteiger partial charge in [-0.15, -0.1) is 0 Å². The van der Waals surface area contributed by atoms with Crippen LogP contribution in [0.25, 0.3) is 16.7 Å². The molecular formula is C16H17N5O2S. The second-order valence-corrected chi connectivity index (χ2v) is 8.16. The Kier molecular flexibility index (Phi) is 3.68. The molecule has 124 valence electrons. The minimum atomic E-state index is -2.75. The van der Waals surface area contributed by atoms with Gasteiger partial charge >= 0.3 is 0 Å². The molecule has 1 aliphatic heterocycles. The first-order valence-electron chi connectivity index (χ1n) is 7.81. The van der Waals surface area contributed by atoms with Gasteiger partial charge in [-0.2, -0.15) is 5.10 Å². The van der Waals surface area contributed by atoms with Crippen molar-refractivity contribution in [3.8, 4) is 5.69 Å². The fourth-order valence-electron chi connectivity index (χ4n) is 2.97. The first-order chi connectivity index (χ1) is 11.6. The Labute approximate surface area is 139 Å². The van der Waals surface area contributed by atoms with Crippen LogP contribution >= 0.6 is 0 Å². The van der Waals surface area contributed by atoms with Gasteiger partial charge < -0.3 is 5.32 Å². The number of hydrogen-bond acceptors (Lipinski definition) is 6. The summed E-state index contributed by atoms with van der Waals surface area (Å²) in [7, 11) is -2.75. The quantitative estimate of drug-likeness (QED) is 0.758. The molecule has 0 atom stereocenters. The number of aromatic nitrogens is 4. The lowest BCUT2D eigenvalue weighted by Gasteiger charge is -2.25. The number of rotatable bonds is 5. The SMILES string of the molecule is O=S1(=O)CC(CCNc2ncnc3c2cnn3-c2ccccc2)C1. The van der Waals surface area contributed by atoms with Crippen molar-refractivity contribution in [2.45, 2.75) is 6.42 Å². The molecule has 0 spiro atoms. The minimum absolute atomic E-state index is 0.256. The summed E-state index contributed by atoms with van der Waals surface area (Å²) in [5.74, 6) is 1.59. The molecule has 1 aromatic carbocycles. The molecule has 2 aromatic heterocycles. The summed E-state index contributed by atoms with van der Waals surface area (Å²) < 4.78 is 24.2. The summed E-state index contributed by atoms with van der Waals surface area (Å²) >= 11 is 0. The van der Waals surface area contributed by atoms with Gasteiger partial charge in [-0.3, -0.25) is 0 Å². The van der Waals surface area contributed by atoms with E-state index in [1.54, 1.807) is 10.9 Å². The molecule has 24 heavy (non-hydrogen) atoms. The van der Waals surface area contributed by atoms with E-state index in [4.69, 9.17) is 0 Å². The molecule has 1 fully saturated rings. The van der Waals surface area contributed by atoms with Gasteiger partial charge in [0.15, 0.2) is 15.5 Å². The van der Waals surface area contributed by atoms with Crippen LogP contribution in [0.2, 0.25) is 0 Å². The van der Waals surface area contributed by atoms with E-state index in [0.29, 0.717) is 18.1 Å². The highest BCUT2D eigenvalue weighted by Gasteiger charge is 2.32. The first kappa shape index (κ1) is 15.1. The maximum Gasteiger partial charge on any atom is 0.168 e. The summed E-state index contributed by atoms with van der Waals surface area (Å²) in [5, 5.41) is 8.54. The number of sulfone groups is 1. The fraction of sp³-hybridized carbons (Fsp3) is 0.312. The van der Waals surface area contributed by atoms with Crippen molar-refractivity contribution in [2.75, 3.05) is 23.4 Å². The van der Waals surface area contributed by atoms with Crippen molar-refractivity contribution in [1.29, 1.82) is 0 Å². The summed E-state index contributed by atoms with van der Waals surface area (Å²) in [6.45, 7) is 0.683. The number of fused-ring (bicyclic) bond motifs is 1. The van der Waals surface area contributed by atoms with Gasteiger partial charge in [0.25, 0.3) is 0 Å². The van der Waals surface area contributed by atoms with Crippen molar-refractivity contribution in [3.63, 3.8) is 0 Å². The predicted molar refractivity (Wildman–Crippen MR) is 91.9 cm³/mol. The zero-order valence-corrected chi connectivity index (χ0v) is 13.8. The molecule has 0 radical (unpaired) electrons. The average molecular weight is 343 g/mol. The van der Waals surface area contributed by atoms with Crippen LogP contribution in [-0.4, -0.2) is 46.2 Å². The van der Waals surface area contributed by atoms with Gasteiger partial charge in [-0.1, -0.05) is 18.2 Å². The van der Waals surface area contributed by atoms with Gasteiger partial charge in [-0.05, 0) is 24.5 Å². The molecule has 3 heterocycles. The topological polar surface area (TPSA) is 89.8 Å². The maximum atomic E-state index is 11.2. The highest BCUT2D eigenvalue weighted by atomic mass is 32.2. The van der Waals surface area contributed by atoms with E-state index in [1.807, 2.05) is 30.3 Å². The number of para-hydroxylation sites is 1. The molecular weight excluding hydrogens is 326 g/mol. The third-order valence-electron chi connectivity index (χ3n) is 4.19. The Balaban J connectivity index is 1.51. The molecule has 8 heteroatoms. The van der Waals surface area contributed by atoms with Gasteiger partial charge in [0.2, 0.25) is 0 Å². The summed E-state index contributed by atoms with van der Waals surface area (Å²) in [6, 6.07) is 9.81. The normalized spacial score (nSPS) is 16.8. The molecule has 0 unspecified atom stereocenters. The van der Waals surface area contributed by atoms with Gasteiger partial charge in [0, 0.05) is 6.54 Å². The highest BCUT2D eigenvalue weighted by molar-refractivity contribution is 7.92. The van der Waals surface area contributed by atoms with E-state index < -0.39 is 9.84 Å². The predicted octanol–water partition coefficient (Wildman–Crippen LogP) is 1.66. The minimum Gasteiger partial charge on any atom is -0.369 e. The zero-order valence-electron chi connectivity index (χ0n) is 13.0. The van der Waals surface area contributed by atoms with Crippen LogP contribution < -0.4 is 5.32 Å². The molecule has 0 bridgehead atoms. The third-order valence-corrected chi connectivity index (χ3v) is 6.15. The lowest BCUT2D eigenvalue weighted by molar-refractivity contribution is 0.506. The van der Waals surface area contributed by atoms with E-state index in [2.05, 4.69) is 20.4 Å². The van der Waals surface area contributed by atoms with E-state index in [1.165, 1.54) is 6.33 Å². The molecule has 4 rings (SSSR count). The number of hydrogen-bond donors (Lipinski definition) is 1. The van der Waals surface area contributed by atoms with Crippen LogP contribution in [-0.2, 0) is 9.84 Å². The zero-order chi connectivity index (χ0) is 16.6. The van der Waals surface area contributed by atoms with E-state index >= 15 is 0 Å². The Bertz CT molecular complexity index is 957. The van der Waals surface area contributed by atoms with Crippen LogP contribution in [0.4, 0.5) is 5.82 Å². The van der Waals surface area contributed by atoms with Crippen LogP contribution in [0.3, 0.4) is 0 Å². The van der Waals surface area contributed by atoms with Gasteiger partial charge in [0.1, 0.15) is 12.1 Å². The van der Waals surface area contributed by atoms with Gasteiger partial charge in [-0.25, -0.2) is 23.1 Å². The second-order valence-electron chi connectivity index (χ2n) is 6.01. The molecule has 0 aliphatic carbocycles. The second kappa shape index (κ2) is 5.86. The highest BCUT2D eigenvalue weighted by Crippen LogP contribution is 2.24. The number of nitrogens with one attached hydrogen (secondary N) is 1. The average Bonchev–Trinajstić information content (AvgIpc) is 2.99. The molecule has 1 saturated heterocycles. The molecule has 1 aliphatic rings. The lowest BCUT2D eigenvalue weighted by atomic mass is 10.1. The Morgan fingerprint density at radius 2 is 1.96 bits per heavy atom. The monoisotopic (exact) mass is 343 g/mol. The van der Waals surface area contributed by atoms with Crippen molar-refractivity contribution in [3.05, 3.63) is 42.9 Å². The fourth-order valence-corrected chi connectivity index (χ4v) is 4.65. The molecule has 1 N–H and O–H groups in total. The Morgan fingerprint density at radius 1 is 1.17 bits per heavy atom. The third kappa shape index (κ3) is 2.84. The Morgan fingerprint density at radius 3 is 2.71 bits per heavy atom. The standard InChI is InChI=1S/C16H17N5O2S/c22-24(23)9-12(10-24)6-7-17-15-14-8-20-21(16(14)19-11-18-15)13-4-2-1-3-5-13/h1-5,8,11-12H,6-7,9-10H2,(H,17,18,19). The molecule has 0 amide bonds. The van der Waals surface area contributed by atoms with Gasteiger partial charge in [0.05, 0.1) is 28.8 Å². The van der Waals surface area contributed by atoms with Crippen LogP contribution in [0.5, 0.6) is 0 Å². The smallest absolute Gasteiger partial charge is 0.168 e. The number of benzene rings is 1. The van der Waals surface area contributed by atoms with Crippen molar-refractivity contribution >= 4 is 26.7 Å². The molecule has 3 aromatic rings. The van der Waals surface area contributed by atoms with E-state index in [9.17, 15) is 8.42 Å². The van der Waals surface area contributed by atoms with Crippen molar-refractivity contribution < 1.29 is 8.42 Å². The summed E-state index contributed by atoms with van der Waals surface area (Å²) in [4.78, 5) is 8.63. The lowest BCUT2D eigenvalue weighted by Crippen LogP contribution is -2.37. The summed E-state index contributed by atoms with van der Waals surface area (Å²) in [5.41, 5.74) is 1.68.